The number of guanidine groups is 1. The second kappa shape index (κ2) is 10.7. The molecule has 0 aromatic heterocycles. The van der Waals surface area contributed by atoms with Crippen LogP contribution in [0.2, 0.25) is 0 Å². The standard InChI is InChI=1S/C19H24N4S.HI/c20-19(22-17-9-5-2-6-10-17)21-13-18-15-24-12-11-23(18)14-16-7-3-1-4-8-16;/h1-10,18H,11-15H2,(H3,20,21,22);1H. The Kier molecular flexibility index (Phi) is 8.57. The van der Waals surface area contributed by atoms with Gasteiger partial charge in [0.1, 0.15) is 0 Å². The van der Waals surface area contributed by atoms with Crippen LogP contribution in [0.15, 0.2) is 65.7 Å². The summed E-state index contributed by atoms with van der Waals surface area (Å²) in [5, 5.41) is 3.15. The van der Waals surface area contributed by atoms with Crippen molar-refractivity contribution in [3.05, 3.63) is 66.2 Å². The zero-order chi connectivity index (χ0) is 16.6. The number of hydrogen-bond donors (Lipinski definition) is 2. The van der Waals surface area contributed by atoms with Crippen molar-refractivity contribution in [2.75, 3.05) is 29.9 Å². The predicted octanol–water partition coefficient (Wildman–Crippen LogP) is 3.65. The molecule has 4 nitrogen and oxygen atoms in total. The van der Waals surface area contributed by atoms with Crippen molar-refractivity contribution in [3.63, 3.8) is 0 Å². The molecular weight excluding hydrogens is 443 g/mol. The summed E-state index contributed by atoms with van der Waals surface area (Å²) in [7, 11) is 0. The van der Waals surface area contributed by atoms with Gasteiger partial charge in [0.05, 0.1) is 6.54 Å². The molecule has 0 aliphatic carbocycles. The van der Waals surface area contributed by atoms with Crippen LogP contribution in [-0.4, -0.2) is 41.5 Å². The smallest absolute Gasteiger partial charge is 0.193 e. The van der Waals surface area contributed by atoms with Gasteiger partial charge in [0.15, 0.2) is 5.96 Å². The molecular formula is C19H25IN4S. The van der Waals surface area contributed by atoms with Gasteiger partial charge in [0.25, 0.3) is 0 Å². The second-order valence-electron chi connectivity index (χ2n) is 5.90. The SMILES string of the molecule is I.NC(=NCC1CSCCN1Cc1ccccc1)Nc1ccccc1. The number of anilines is 1. The van der Waals surface area contributed by atoms with Crippen LogP contribution >= 0.6 is 35.7 Å². The highest BCUT2D eigenvalue weighted by Crippen LogP contribution is 2.19. The van der Waals surface area contributed by atoms with E-state index in [0.29, 0.717) is 12.0 Å². The molecule has 2 aromatic carbocycles. The molecule has 25 heavy (non-hydrogen) atoms. The first-order chi connectivity index (χ1) is 11.8. The lowest BCUT2D eigenvalue weighted by molar-refractivity contribution is 0.215. The summed E-state index contributed by atoms with van der Waals surface area (Å²) >= 11 is 2.00. The second-order valence-corrected chi connectivity index (χ2v) is 7.05. The Labute approximate surface area is 171 Å². The van der Waals surface area contributed by atoms with Gasteiger partial charge >= 0.3 is 0 Å². The van der Waals surface area contributed by atoms with Crippen LogP contribution in [0.1, 0.15) is 5.56 Å². The van der Waals surface area contributed by atoms with E-state index in [-0.39, 0.29) is 24.0 Å². The lowest BCUT2D eigenvalue weighted by Gasteiger charge is -2.34. The van der Waals surface area contributed by atoms with Gasteiger partial charge in [-0.2, -0.15) is 11.8 Å². The van der Waals surface area contributed by atoms with Crippen molar-refractivity contribution in [1.82, 2.24) is 4.90 Å². The lowest BCUT2D eigenvalue weighted by Crippen LogP contribution is -2.44. The van der Waals surface area contributed by atoms with Gasteiger partial charge < -0.3 is 11.1 Å². The number of para-hydroxylation sites is 1. The number of aliphatic imine (C=N–C) groups is 1. The van der Waals surface area contributed by atoms with Crippen LogP contribution in [-0.2, 0) is 6.54 Å². The Bertz CT molecular complexity index is 651. The minimum atomic E-state index is 0. The highest BCUT2D eigenvalue weighted by Gasteiger charge is 2.22. The average molecular weight is 468 g/mol. The van der Waals surface area contributed by atoms with Crippen LogP contribution in [0.4, 0.5) is 5.69 Å². The van der Waals surface area contributed by atoms with Gasteiger partial charge in [-0.3, -0.25) is 9.89 Å². The molecule has 1 atom stereocenters. The normalized spacial score (nSPS) is 18.4. The van der Waals surface area contributed by atoms with Gasteiger partial charge in [-0.05, 0) is 17.7 Å². The van der Waals surface area contributed by atoms with E-state index in [9.17, 15) is 0 Å². The van der Waals surface area contributed by atoms with Crippen molar-refractivity contribution >= 4 is 47.4 Å². The molecule has 0 radical (unpaired) electrons. The summed E-state index contributed by atoms with van der Waals surface area (Å²) in [4.78, 5) is 7.08. The molecule has 1 heterocycles. The fraction of sp³-hybridized carbons (Fsp3) is 0.316. The zero-order valence-electron chi connectivity index (χ0n) is 14.2. The Hall–Kier alpha value is -1.25. The van der Waals surface area contributed by atoms with E-state index >= 15 is 0 Å². The van der Waals surface area contributed by atoms with Crippen molar-refractivity contribution in [2.45, 2.75) is 12.6 Å². The Morgan fingerprint density at radius 3 is 2.52 bits per heavy atom. The quantitative estimate of drug-likeness (QED) is 0.400. The number of thioether (sulfide) groups is 1. The zero-order valence-corrected chi connectivity index (χ0v) is 17.3. The van der Waals surface area contributed by atoms with Crippen LogP contribution < -0.4 is 11.1 Å². The number of nitrogens with zero attached hydrogens (tertiary/aromatic N) is 2. The molecule has 1 fully saturated rings. The third kappa shape index (κ3) is 6.52. The molecule has 3 rings (SSSR count). The summed E-state index contributed by atoms with van der Waals surface area (Å²) in [5.74, 6) is 2.77. The first-order valence-electron chi connectivity index (χ1n) is 8.29. The molecule has 1 aliphatic rings. The van der Waals surface area contributed by atoms with E-state index < -0.39 is 0 Å². The van der Waals surface area contributed by atoms with E-state index in [1.165, 1.54) is 11.3 Å². The Morgan fingerprint density at radius 2 is 1.80 bits per heavy atom. The van der Waals surface area contributed by atoms with Crippen LogP contribution in [0.25, 0.3) is 0 Å². The average Bonchev–Trinajstić information content (AvgIpc) is 2.63. The number of nitrogens with one attached hydrogen (secondary N) is 1. The van der Waals surface area contributed by atoms with E-state index in [0.717, 1.165) is 31.1 Å². The minimum absolute atomic E-state index is 0. The maximum Gasteiger partial charge on any atom is 0.193 e. The Morgan fingerprint density at radius 1 is 1.12 bits per heavy atom. The molecule has 1 unspecified atom stereocenters. The molecule has 1 aliphatic heterocycles. The number of benzene rings is 2. The van der Waals surface area contributed by atoms with E-state index in [1.807, 2.05) is 42.1 Å². The highest BCUT2D eigenvalue weighted by atomic mass is 127. The predicted molar refractivity (Wildman–Crippen MR) is 120 cm³/mol. The molecule has 134 valence electrons. The van der Waals surface area contributed by atoms with Gasteiger partial charge in [-0.1, -0.05) is 48.5 Å². The fourth-order valence-corrected chi connectivity index (χ4v) is 3.91. The number of rotatable bonds is 5. The summed E-state index contributed by atoms with van der Waals surface area (Å²) < 4.78 is 0. The maximum absolute atomic E-state index is 6.03. The maximum atomic E-state index is 6.03. The first kappa shape index (κ1) is 20.1. The van der Waals surface area contributed by atoms with Crippen molar-refractivity contribution in [3.8, 4) is 0 Å². The third-order valence-electron chi connectivity index (χ3n) is 4.10. The summed E-state index contributed by atoms with van der Waals surface area (Å²) in [6, 6.07) is 21.0. The van der Waals surface area contributed by atoms with E-state index in [2.05, 4.69) is 45.5 Å². The van der Waals surface area contributed by atoms with Crippen LogP contribution in [0.5, 0.6) is 0 Å². The fourth-order valence-electron chi connectivity index (χ4n) is 2.80. The summed E-state index contributed by atoms with van der Waals surface area (Å²) in [6.07, 6.45) is 0. The van der Waals surface area contributed by atoms with Crippen LogP contribution in [0, 0.1) is 0 Å². The minimum Gasteiger partial charge on any atom is -0.370 e. The molecule has 0 spiro atoms. The molecule has 1 saturated heterocycles. The molecule has 3 N–H and O–H groups in total. The van der Waals surface area contributed by atoms with Gasteiger partial charge in [0.2, 0.25) is 0 Å². The van der Waals surface area contributed by atoms with Gasteiger partial charge in [-0.15, -0.1) is 24.0 Å². The lowest BCUT2D eigenvalue weighted by atomic mass is 10.2. The van der Waals surface area contributed by atoms with Gasteiger partial charge in [-0.25, -0.2) is 0 Å². The van der Waals surface area contributed by atoms with Crippen molar-refractivity contribution < 1.29 is 0 Å². The van der Waals surface area contributed by atoms with Crippen molar-refractivity contribution in [2.24, 2.45) is 10.7 Å². The first-order valence-corrected chi connectivity index (χ1v) is 9.44. The van der Waals surface area contributed by atoms with E-state index in [4.69, 9.17) is 5.73 Å². The molecule has 2 aromatic rings. The molecule has 6 heteroatoms. The van der Waals surface area contributed by atoms with Gasteiger partial charge in [0, 0.05) is 36.3 Å². The molecule has 0 bridgehead atoms. The Balaban J connectivity index is 0.00000225. The largest absolute Gasteiger partial charge is 0.370 e. The number of hydrogen-bond acceptors (Lipinski definition) is 3. The third-order valence-corrected chi connectivity index (χ3v) is 5.19. The van der Waals surface area contributed by atoms with Crippen molar-refractivity contribution in [1.29, 1.82) is 0 Å². The highest BCUT2D eigenvalue weighted by molar-refractivity contribution is 14.0. The number of nitrogens with two attached hydrogens (primary N) is 1. The molecule has 0 saturated carbocycles. The summed E-state index contributed by atoms with van der Waals surface area (Å²) in [5.41, 5.74) is 8.36. The van der Waals surface area contributed by atoms with E-state index in [1.54, 1.807) is 0 Å². The summed E-state index contributed by atoms with van der Waals surface area (Å²) in [6.45, 7) is 2.81. The topological polar surface area (TPSA) is 53.6 Å². The van der Waals surface area contributed by atoms with Crippen LogP contribution in [0.3, 0.4) is 0 Å². The monoisotopic (exact) mass is 468 g/mol. The molecule has 0 amide bonds. The number of halogens is 1.